The zero-order valence-electron chi connectivity index (χ0n) is 14.5. The fraction of sp³-hybridized carbons (Fsp3) is 0.444. The van der Waals surface area contributed by atoms with Crippen LogP contribution < -0.4 is 14.8 Å². The minimum atomic E-state index is -0.213. The second-order valence-electron chi connectivity index (χ2n) is 5.97. The Morgan fingerprint density at radius 1 is 1.44 bits per heavy atom. The maximum absolute atomic E-state index is 12.5. The second kappa shape index (κ2) is 8.02. The molecule has 0 spiro atoms. The summed E-state index contributed by atoms with van der Waals surface area (Å²) in [6.07, 6.45) is 4.14. The predicted molar refractivity (Wildman–Crippen MR) is 91.6 cm³/mol. The van der Waals surface area contributed by atoms with E-state index in [1.54, 1.807) is 26.7 Å². The summed E-state index contributed by atoms with van der Waals surface area (Å²) >= 11 is 0. The molecule has 1 amide bonds. The van der Waals surface area contributed by atoms with Crippen molar-refractivity contribution < 1.29 is 19.0 Å². The molecular formula is C18H23N3O4. The lowest BCUT2D eigenvalue weighted by Crippen LogP contribution is -2.37. The first-order chi connectivity index (χ1) is 12.2. The van der Waals surface area contributed by atoms with Crippen LogP contribution in [-0.4, -0.2) is 42.9 Å². The summed E-state index contributed by atoms with van der Waals surface area (Å²) in [5.74, 6) is 1.36. The third-order valence-corrected chi connectivity index (χ3v) is 4.32. The van der Waals surface area contributed by atoms with Gasteiger partial charge in [0.25, 0.3) is 0 Å². The lowest BCUT2D eigenvalue weighted by atomic mass is 9.96. The van der Waals surface area contributed by atoms with Crippen molar-refractivity contribution in [2.75, 3.05) is 27.4 Å². The summed E-state index contributed by atoms with van der Waals surface area (Å²) in [6, 6.07) is 5.67. The number of aromatic nitrogens is 2. The highest BCUT2D eigenvalue weighted by atomic mass is 16.5. The first-order valence-electron chi connectivity index (χ1n) is 8.26. The van der Waals surface area contributed by atoms with E-state index in [1.807, 2.05) is 22.8 Å². The largest absolute Gasteiger partial charge is 0.497 e. The van der Waals surface area contributed by atoms with Crippen molar-refractivity contribution in [2.45, 2.75) is 19.5 Å². The number of methoxy groups -OCH3 is 2. The number of nitrogens with zero attached hydrogens (tertiary/aromatic N) is 2. The Kier molecular flexibility index (Phi) is 5.55. The Hall–Kier alpha value is -2.54. The van der Waals surface area contributed by atoms with Gasteiger partial charge in [-0.1, -0.05) is 0 Å². The normalized spacial score (nSPS) is 16.0. The molecule has 134 valence electrons. The molecule has 7 heteroatoms. The first-order valence-corrected chi connectivity index (χ1v) is 8.26. The van der Waals surface area contributed by atoms with Gasteiger partial charge in [0.05, 0.1) is 38.2 Å². The van der Waals surface area contributed by atoms with E-state index in [2.05, 4.69) is 10.3 Å². The van der Waals surface area contributed by atoms with Crippen molar-refractivity contribution in [3.8, 4) is 11.5 Å². The molecule has 0 bridgehead atoms. The molecule has 1 N–H and O–H groups in total. The SMILES string of the molecule is COCCn1cncc1CNC(=O)C1COc2ccc(OC)cc2C1. The maximum atomic E-state index is 12.5. The summed E-state index contributed by atoms with van der Waals surface area (Å²) in [6.45, 7) is 2.13. The maximum Gasteiger partial charge on any atom is 0.227 e. The van der Waals surface area contributed by atoms with Crippen LogP contribution in [0.4, 0.5) is 0 Å². The Bertz CT molecular complexity index is 729. The third kappa shape index (κ3) is 4.11. The van der Waals surface area contributed by atoms with Gasteiger partial charge in [0.15, 0.2) is 0 Å². The Balaban J connectivity index is 1.58. The first kappa shape index (κ1) is 17.3. The van der Waals surface area contributed by atoms with Gasteiger partial charge in [0, 0.05) is 19.9 Å². The fourth-order valence-corrected chi connectivity index (χ4v) is 2.87. The topological polar surface area (TPSA) is 74.6 Å². The molecule has 0 saturated heterocycles. The minimum Gasteiger partial charge on any atom is -0.497 e. The fourth-order valence-electron chi connectivity index (χ4n) is 2.87. The molecule has 7 nitrogen and oxygen atoms in total. The average molecular weight is 345 g/mol. The molecular weight excluding hydrogens is 322 g/mol. The molecule has 2 aromatic rings. The zero-order chi connectivity index (χ0) is 17.6. The Labute approximate surface area is 146 Å². The number of carbonyl (C=O) groups is 1. The number of fused-ring (bicyclic) bond motifs is 1. The van der Waals surface area contributed by atoms with E-state index >= 15 is 0 Å². The average Bonchev–Trinajstić information content (AvgIpc) is 3.10. The zero-order valence-corrected chi connectivity index (χ0v) is 14.5. The highest BCUT2D eigenvalue weighted by molar-refractivity contribution is 5.79. The van der Waals surface area contributed by atoms with Crippen LogP contribution in [-0.2, 0) is 29.0 Å². The monoisotopic (exact) mass is 345 g/mol. The highest BCUT2D eigenvalue weighted by Gasteiger charge is 2.26. The van der Waals surface area contributed by atoms with Crippen molar-refractivity contribution in [3.05, 3.63) is 42.0 Å². The minimum absolute atomic E-state index is 0.0204. The molecule has 0 radical (unpaired) electrons. The second-order valence-corrected chi connectivity index (χ2v) is 5.97. The van der Waals surface area contributed by atoms with Crippen LogP contribution in [0.15, 0.2) is 30.7 Å². The molecule has 2 heterocycles. The molecule has 1 atom stereocenters. The van der Waals surface area contributed by atoms with E-state index in [9.17, 15) is 4.79 Å². The van der Waals surface area contributed by atoms with Crippen LogP contribution in [0.5, 0.6) is 11.5 Å². The van der Waals surface area contributed by atoms with E-state index < -0.39 is 0 Å². The van der Waals surface area contributed by atoms with Crippen LogP contribution in [0, 0.1) is 5.92 Å². The molecule has 0 saturated carbocycles. The molecule has 0 fully saturated rings. The summed E-state index contributed by atoms with van der Waals surface area (Å²) in [4.78, 5) is 16.6. The van der Waals surface area contributed by atoms with Crippen molar-refractivity contribution in [1.82, 2.24) is 14.9 Å². The molecule has 25 heavy (non-hydrogen) atoms. The number of ether oxygens (including phenoxy) is 3. The number of rotatable bonds is 7. The number of imidazole rings is 1. The molecule has 1 aromatic heterocycles. The van der Waals surface area contributed by atoms with E-state index in [-0.39, 0.29) is 11.8 Å². The lowest BCUT2D eigenvalue weighted by Gasteiger charge is -2.25. The van der Waals surface area contributed by atoms with Crippen LogP contribution in [0.1, 0.15) is 11.3 Å². The van der Waals surface area contributed by atoms with Crippen LogP contribution in [0.3, 0.4) is 0 Å². The molecule has 1 aliphatic rings. The van der Waals surface area contributed by atoms with Gasteiger partial charge in [-0.3, -0.25) is 4.79 Å². The quantitative estimate of drug-likeness (QED) is 0.821. The van der Waals surface area contributed by atoms with Gasteiger partial charge in [-0.2, -0.15) is 0 Å². The van der Waals surface area contributed by atoms with Gasteiger partial charge in [0.2, 0.25) is 5.91 Å². The van der Waals surface area contributed by atoms with Gasteiger partial charge >= 0.3 is 0 Å². The summed E-state index contributed by atoms with van der Waals surface area (Å²) in [5, 5.41) is 2.98. The third-order valence-electron chi connectivity index (χ3n) is 4.32. The summed E-state index contributed by atoms with van der Waals surface area (Å²) in [7, 11) is 3.29. The highest BCUT2D eigenvalue weighted by Crippen LogP contribution is 2.30. The number of hydrogen-bond acceptors (Lipinski definition) is 5. The van der Waals surface area contributed by atoms with Gasteiger partial charge in [-0.25, -0.2) is 4.98 Å². The van der Waals surface area contributed by atoms with Crippen molar-refractivity contribution in [2.24, 2.45) is 5.92 Å². The number of nitrogens with one attached hydrogen (secondary N) is 1. The number of benzene rings is 1. The van der Waals surface area contributed by atoms with Crippen molar-refractivity contribution >= 4 is 5.91 Å². The number of hydrogen-bond donors (Lipinski definition) is 1. The van der Waals surface area contributed by atoms with E-state index in [0.717, 1.165) is 22.8 Å². The van der Waals surface area contributed by atoms with Gasteiger partial charge < -0.3 is 24.1 Å². The number of amides is 1. The molecule has 1 unspecified atom stereocenters. The van der Waals surface area contributed by atoms with Gasteiger partial charge in [-0.05, 0) is 30.2 Å². The lowest BCUT2D eigenvalue weighted by molar-refractivity contribution is -0.126. The van der Waals surface area contributed by atoms with Gasteiger partial charge in [-0.15, -0.1) is 0 Å². The summed E-state index contributed by atoms with van der Waals surface area (Å²) < 4.78 is 18.0. The van der Waals surface area contributed by atoms with E-state index in [4.69, 9.17) is 14.2 Å². The number of carbonyl (C=O) groups excluding carboxylic acids is 1. The molecule has 1 aliphatic heterocycles. The van der Waals surface area contributed by atoms with Crippen LogP contribution >= 0.6 is 0 Å². The molecule has 1 aromatic carbocycles. The smallest absolute Gasteiger partial charge is 0.227 e. The van der Waals surface area contributed by atoms with Gasteiger partial charge in [0.1, 0.15) is 18.1 Å². The van der Waals surface area contributed by atoms with Crippen molar-refractivity contribution in [3.63, 3.8) is 0 Å². The Morgan fingerprint density at radius 3 is 3.12 bits per heavy atom. The summed E-state index contributed by atoms with van der Waals surface area (Å²) in [5.41, 5.74) is 1.94. The van der Waals surface area contributed by atoms with Crippen molar-refractivity contribution in [1.29, 1.82) is 0 Å². The standard InChI is InChI=1S/C18H23N3O4/c1-23-6-5-21-12-19-9-15(21)10-20-18(22)14-7-13-8-16(24-2)3-4-17(13)25-11-14/h3-4,8-9,12,14H,5-7,10-11H2,1-2H3,(H,20,22). The molecule has 3 rings (SSSR count). The van der Waals surface area contributed by atoms with Crippen LogP contribution in [0.2, 0.25) is 0 Å². The Morgan fingerprint density at radius 2 is 2.32 bits per heavy atom. The molecule has 0 aliphatic carbocycles. The van der Waals surface area contributed by atoms with E-state index in [1.165, 1.54) is 0 Å². The predicted octanol–water partition coefficient (Wildman–Crippen LogP) is 1.41. The van der Waals surface area contributed by atoms with E-state index in [0.29, 0.717) is 32.7 Å². The van der Waals surface area contributed by atoms with Crippen LogP contribution in [0.25, 0.3) is 0 Å².